The predicted molar refractivity (Wildman–Crippen MR) is 96.5 cm³/mol. The Kier molecular flexibility index (Phi) is 5.27. The molecule has 1 amide bonds. The van der Waals surface area contributed by atoms with E-state index >= 15 is 0 Å². The zero-order valence-corrected chi connectivity index (χ0v) is 16.3. The Bertz CT molecular complexity index is 592. The molecule has 25 heavy (non-hydrogen) atoms. The van der Waals surface area contributed by atoms with Crippen LogP contribution in [0.2, 0.25) is 0 Å². The zero-order chi connectivity index (χ0) is 19.0. The number of carbonyl (C=O) groups is 1. The van der Waals surface area contributed by atoms with E-state index in [9.17, 15) is 9.90 Å². The van der Waals surface area contributed by atoms with Gasteiger partial charge < -0.3 is 19.6 Å². The van der Waals surface area contributed by atoms with Crippen LogP contribution >= 0.6 is 0 Å². The molecule has 0 radical (unpaired) electrons. The fourth-order valence-corrected chi connectivity index (χ4v) is 2.96. The van der Waals surface area contributed by atoms with Crippen LogP contribution in [0.1, 0.15) is 54.0 Å². The average molecular weight is 350 g/mol. The number of carbonyl (C=O) groups excluding carboxylic acids is 1. The van der Waals surface area contributed by atoms with Crippen LogP contribution in [-0.2, 0) is 10.3 Å². The number of rotatable bonds is 2. The number of hydrogen-bond acceptors (Lipinski definition) is 6. The van der Waals surface area contributed by atoms with E-state index in [4.69, 9.17) is 4.74 Å². The van der Waals surface area contributed by atoms with Crippen LogP contribution in [0.25, 0.3) is 0 Å². The van der Waals surface area contributed by atoms with Gasteiger partial charge in [-0.2, -0.15) is 0 Å². The minimum atomic E-state index is -0.967. The molecule has 7 nitrogen and oxygen atoms in total. The molecule has 140 valence electrons. The summed E-state index contributed by atoms with van der Waals surface area (Å²) in [6.07, 6.45) is 3.02. The molecule has 1 saturated heterocycles. The lowest BCUT2D eigenvalue weighted by molar-refractivity contribution is 0.0191. The summed E-state index contributed by atoms with van der Waals surface area (Å²) in [6, 6.07) is 0.119. The molecule has 7 heteroatoms. The number of piperazine rings is 1. The largest absolute Gasteiger partial charge is 0.444 e. The number of hydrogen-bond donors (Lipinski definition) is 1. The van der Waals surface area contributed by atoms with Crippen LogP contribution < -0.4 is 4.90 Å². The first-order valence-corrected chi connectivity index (χ1v) is 8.69. The summed E-state index contributed by atoms with van der Waals surface area (Å²) in [5.41, 5.74) is -0.800. The molecule has 1 aromatic heterocycles. The van der Waals surface area contributed by atoms with E-state index in [1.54, 1.807) is 31.1 Å². The van der Waals surface area contributed by atoms with Crippen molar-refractivity contribution in [1.29, 1.82) is 0 Å². The number of amides is 1. The number of nitrogens with zero attached hydrogens (tertiary/aromatic N) is 4. The van der Waals surface area contributed by atoms with Gasteiger partial charge in [0, 0.05) is 43.1 Å². The highest BCUT2D eigenvalue weighted by molar-refractivity contribution is 5.68. The van der Waals surface area contributed by atoms with Crippen LogP contribution in [-0.4, -0.2) is 56.8 Å². The van der Waals surface area contributed by atoms with Crippen LogP contribution in [0.4, 0.5) is 10.7 Å². The highest BCUT2D eigenvalue weighted by atomic mass is 16.6. The Labute approximate surface area is 150 Å². The van der Waals surface area contributed by atoms with Gasteiger partial charge in [0.25, 0.3) is 0 Å². The van der Waals surface area contributed by atoms with Gasteiger partial charge >= 0.3 is 6.09 Å². The molecule has 0 aromatic carbocycles. The van der Waals surface area contributed by atoms with Crippen molar-refractivity contribution in [2.45, 2.75) is 71.8 Å². The first-order valence-electron chi connectivity index (χ1n) is 8.69. The third kappa shape index (κ3) is 4.81. The van der Waals surface area contributed by atoms with Gasteiger partial charge in [-0.05, 0) is 48.5 Å². The van der Waals surface area contributed by atoms with Gasteiger partial charge in [0.15, 0.2) is 0 Å². The second-order valence-electron chi connectivity index (χ2n) is 8.32. The van der Waals surface area contributed by atoms with Gasteiger partial charge in [0.2, 0.25) is 5.95 Å². The third-order valence-corrected chi connectivity index (χ3v) is 4.15. The lowest BCUT2D eigenvalue weighted by Gasteiger charge is -2.44. The molecular weight excluding hydrogens is 320 g/mol. The molecule has 2 atom stereocenters. The molecule has 2 rings (SSSR count). The molecule has 0 spiro atoms. The molecule has 2 heterocycles. The van der Waals surface area contributed by atoms with Gasteiger partial charge in [0.1, 0.15) is 5.60 Å². The molecule has 1 aliphatic rings. The van der Waals surface area contributed by atoms with Crippen LogP contribution in [0.3, 0.4) is 0 Å². The number of anilines is 1. The van der Waals surface area contributed by atoms with Crippen molar-refractivity contribution < 1.29 is 14.6 Å². The van der Waals surface area contributed by atoms with E-state index in [1.165, 1.54) is 0 Å². The molecule has 1 aliphatic heterocycles. The van der Waals surface area contributed by atoms with Crippen molar-refractivity contribution in [3.05, 3.63) is 18.0 Å². The van der Waals surface area contributed by atoms with Gasteiger partial charge in [0.05, 0.1) is 5.60 Å². The minimum Gasteiger partial charge on any atom is -0.444 e. The van der Waals surface area contributed by atoms with Crippen LogP contribution in [0, 0.1) is 0 Å². The minimum absolute atomic E-state index is 0.0595. The second kappa shape index (κ2) is 6.78. The van der Waals surface area contributed by atoms with Crippen molar-refractivity contribution in [1.82, 2.24) is 14.9 Å². The Hall–Kier alpha value is -1.89. The summed E-state index contributed by atoms with van der Waals surface area (Å²) in [6.45, 7) is 14.2. The Balaban J connectivity index is 2.11. The van der Waals surface area contributed by atoms with Crippen LogP contribution in [0.15, 0.2) is 12.4 Å². The topological polar surface area (TPSA) is 78.8 Å². The number of ether oxygens (including phenoxy) is 1. The molecule has 0 bridgehead atoms. The summed E-state index contributed by atoms with van der Waals surface area (Å²) < 4.78 is 5.48. The van der Waals surface area contributed by atoms with E-state index in [0.717, 1.165) is 0 Å². The standard InChI is InChI=1S/C18H30N4O3/c1-12-10-21(16(23)25-17(3,4)5)11-13(2)22(12)15-19-8-14(9-20-15)18(6,7)24/h8-9,12-13,24H,10-11H2,1-7H3/t12-,13+. The molecule has 0 aliphatic carbocycles. The molecule has 1 N–H and O–H groups in total. The van der Waals surface area contributed by atoms with Crippen molar-refractivity contribution in [2.75, 3.05) is 18.0 Å². The molecule has 1 fully saturated rings. The Morgan fingerprint density at radius 2 is 1.60 bits per heavy atom. The zero-order valence-electron chi connectivity index (χ0n) is 16.3. The van der Waals surface area contributed by atoms with Gasteiger partial charge in [-0.25, -0.2) is 14.8 Å². The number of aromatic nitrogens is 2. The van der Waals surface area contributed by atoms with E-state index < -0.39 is 11.2 Å². The third-order valence-electron chi connectivity index (χ3n) is 4.15. The average Bonchev–Trinajstić information content (AvgIpc) is 2.44. The monoisotopic (exact) mass is 350 g/mol. The molecule has 0 unspecified atom stereocenters. The van der Waals surface area contributed by atoms with Crippen molar-refractivity contribution in [3.8, 4) is 0 Å². The fraction of sp³-hybridized carbons (Fsp3) is 0.722. The van der Waals surface area contributed by atoms with Gasteiger partial charge in [-0.15, -0.1) is 0 Å². The van der Waals surface area contributed by atoms with E-state index in [2.05, 4.69) is 14.9 Å². The van der Waals surface area contributed by atoms with E-state index in [0.29, 0.717) is 24.6 Å². The fourth-order valence-electron chi connectivity index (χ4n) is 2.96. The Morgan fingerprint density at radius 3 is 2.00 bits per heavy atom. The molecule has 0 saturated carbocycles. The maximum Gasteiger partial charge on any atom is 0.410 e. The van der Waals surface area contributed by atoms with Crippen molar-refractivity contribution in [3.63, 3.8) is 0 Å². The summed E-state index contributed by atoms with van der Waals surface area (Å²) >= 11 is 0. The molecule has 1 aromatic rings. The smallest absolute Gasteiger partial charge is 0.410 e. The van der Waals surface area contributed by atoms with Crippen molar-refractivity contribution >= 4 is 12.0 Å². The first kappa shape index (κ1) is 19.4. The quantitative estimate of drug-likeness (QED) is 0.883. The Morgan fingerprint density at radius 1 is 1.12 bits per heavy atom. The summed E-state index contributed by atoms with van der Waals surface area (Å²) in [5.74, 6) is 0.608. The highest BCUT2D eigenvalue weighted by Crippen LogP contribution is 2.24. The highest BCUT2D eigenvalue weighted by Gasteiger charge is 2.35. The first-order chi connectivity index (χ1) is 11.4. The maximum absolute atomic E-state index is 12.3. The molecular formula is C18H30N4O3. The predicted octanol–water partition coefficient (Wildman–Crippen LogP) is 2.54. The lowest BCUT2D eigenvalue weighted by atomic mass is 10.0. The van der Waals surface area contributed by atoms with Crippen molar-refractivity contribution in [2.24, 2.45) is 0 Å². The maximum atomic E-state index is 12.3. The van der Waals surface area contributed by atoms with E-state index in [1.807, 2.05) is 34.6 Å². The number of aliphatic hydroxyl groups is 1. The SMILES string of the molecule is C[C@@H]1CN(C(=O)OC(C)(C)C)C[C@H](C)N1c1ncc(C(C)(C)O)cn1. The van der Waals surface area contributed by atoms with Gasteiger partial charge in [-0.3, -0.25) is 0 Å². The lowest BCUT2D eigenvalue weighted by Crippen LogP contribution is -2.59. The van der Waals surface area contributed by atoms with Gasteiger partial charge in [-0.1, -0.05) is 0 Å². The second-order valence-corrected chi connectivity index (χ2v) is 8.32. The summed E-state index contributed by atoms with van der Waals surface area (Å²) in [7, 11) is 0. The normalized spacial score (nSPS) is 22.1. The van der Waals surface area contributed by atoms with Crippen LogP contribution in [0.5, 0.6) is 0 Å². The summed E-state index contributed by atoms with van der Waals surface area (Å²) in [4.78, 5) is 25.0. The summed E-state index contributed by atoms with van der Waals surface area (Å²) in [5, 5.41) is 10.0. The van der Waals surface area contributed by atoms with E-state index in [-0.39, 0.29) is 18.2 Å².